The quantitative estimate of drug-likeness (QED) is 0.657. The minimum absolute atomic E-state index is 0.0274. The molecule has 0 spiro atoms. The van der Waals surface area contributed by atoms with Gasteiger partial charge < -0.3 is 5.11 Å². The molecule has 0 aromatic heterocycles. The van der Waals surface area contributed by atoms with Crippen molar-refractivity contribution in [2.45, 2.75) is 11.9 Å². The highest BCUT2D eigenvalue weighted by Gasteiger charge is 2.33. The second kappa shape index (κ2) is 5.87. The van der Waals surface area contributed by atoms with Gasteiger partial charge >= 0.3 is 12.1 Å². The zero-order chi connectivity index (χ0) is 14.6. The number of benzene rings is 1. The molecule has 0 saturated carbocycles. The zero-order valence-corrected chi connectivity index (χ0v) is 10.2. The Labute approximate surface area is 108 Å². The van der Waals surface area contributed by atoms with Crippen LogP contribution in [-0.4, -0.2) is 19.5 Å². The van der Waals surface area contributed by atoms with Crippen LogP contribution in [0.3, 0.4) is 0 Å². The molecule has 0 atom stereocenters. The third-order valence-corrected chi connectivity index (χ3v) is 2.76. The summed E-state index contributed by atoms with van der Waals surface area (Å²) in [5, 5.41) is 8.39. The largest absolute Gasteiger partial charge is 0.478 e. The number of hydrogen-bond donors (Lipinski definition) is 2. The summed E-state index contributed by atoms with van der Waals surface area (Å²) in [7, 11) is -2.98. The average Bonchev–Trinajstić information content (AvgIpc) is 2.25. The van der Waals surface area contributed by atoms with Gasteiger partial charge in [-0.05, 0) is 23.3 Å². The molecule has 1 aromatic rings. The molecular formula is C11H9F3O4S. The molecule has 8 heteroatoms. The zero-order valence-electron chi connectivity index (χ0n) is 9.35. The van der Waals surface area contributed by atoms with Crippen LogP contribution in [0.4, 0.5) is 13.2 Å². The molecule has 0 aliphatic heterocycles. The lowest BCUT2D eigenvalue weighted by molar-refractivity contribution is -0.138. The maximum atomic E-state index is 12.7. The van der Waals surface area contributed by atoms with E-state index in [1.165, 1.54) is 6.07 Å². The standard InChI is InChI=1S/C11H9F3O4S/c12-11(13,14)9-5-7(2-4-10(15)16)1-3-8(9)6-19(17)18/h1-5,19H,6H2,(H,15,16)/b4-2+. The third kappa shape index (κ3) is 4.74. The number of rotatable bonds is 4. The predicted molar refractivity (Wildman–Crippen MR) is 62.1 cm³/mol. The van der Waals surface area contributed by atoms with Crippen molar-refractivity contribution < 1.29 is 31.5 Å². The minimum Gasteiger partial charge on any atom is -0.478 e. The SMILES string of the molecule is O=C(O)/C=C/c1ccc(C[SH](=O)=O)c(C(F)(F)F)c1. The topological polar surface area (TPSA) is 71.4 Å². The van der Waals surface area contributed by atoms with Crippen molar-refractivity contribution >= 4 is 22.7 Å². The molecule has 0 amide bonds. The monoisotopic (exact) mass is 294 g/mol. The molecule has 19 heavy (non-hydrogen) atoms. The molecule has 0 aliphatic carbocycles. The summed E-state index contributed by atoms with van der Waals surface area (Å²) in [6, 6.07) is 2.96. The van der Waals surface area contributed by atoms with Gasteiger partial charge in [-0.1, -0.05) is 12.1 Å². The Kier molecular flexibility index (Phi) is 4.71. The van der Waals surface area contributed by atoms with E-state index in [-0.39, 0.29) is 11.1 Å². The number of carboxylic acid groups (broad SMARTS) is 1. The molecule has 1 N–H and O–H groups in total. The van der Waals surface area contributed by atoms with Gasteiger partial charge in [-0.2, -0.15) is 13.2 Å². The van der Waals surface area contributed by atoms with E-state index in [1.54, 1.807) is 0 Å². The van der Waals surface area contributed by atoms with Gasteiger partial charge in [-0.15, -0.1) is 0 Å². The van der Waals surface area contributed by atoms with Crippen LogP contribution in [0.25, 0.3) is 6.08 Å². The minimum atomic E-state index is -4.70. The summed E-state index contributed by atoms with van der Waals surface area (Å²) in [6.45, 7) is 0. The molecule has 1 rings (SSSR count). The Hall–Kier alpha value is -1.83. The highest BCUT2D eigenvalue weighted by Crippen LogP contribution is 2.33. The second-order valence-corrected chi connectivity index (χ2v) is 4.56. The smallest absolute Gasteiger partial charge is 0.416 e. The number of carboxylic acids is 1. The van der Waals surface area contributed by atoms with Crippen LogP contribution in [-0.2, 0) is 27.4 Å². The number of thiol groups is 1. The van der Waals surface area contributed by atoms with Crippen LogP contribution in [0, 0.1) is 0 Å². The fourth-order valence-electron chi connectivity index (χ4n) is 1.41. The first-order valence-electron chi connectivity index (χ1n) is 4.93. The number of halogens is 3. The fourth-order valence-corrected chi connectivity index (χ4v) is 1.96. The van der Waals surface area contributed by atoms with Gasteiger partial charge in [0.05, 0.1) is 11.3 Å². The molecule has 0 unspecified atom stereocenters. The molecule has 104 valence electrons. The van der Waals surface area contributed by atoms with Gasteiger partial charge in [0.1, 0.15) is 10.7 Å². The van der Waals surface area contributed by atoms with E-state index < -0.39 is 34.2 Å². The van der Waals surface area contributed by atoms with Gasteiger partial charge in [-0.3, -0.25) is 0 Å². The van der Waals surface area contributed by atoms with Gasteiger partial charge in [0.2, 0.25) is 0 Å². The lowest BCUT2D eigenvalue weighted by Crippen LogP contribution is -2.10. The number of alkyl halides is 3. The number of carbonyl (C=O) groups is 1. The Morgan fingerprint density at radius 3 is 2.42 bits per heavy atom. The highest BCUT2D eigenvalue weighted by atomic mass is 32.2. The van der Waals surface area contributed by atoms with Crippen LogP contribution < -0.4 is 0 Å². The molecule has 0 bridgehead atoms. The summed E-state index contributed by atoms with van der Waals surface area (Å²) in [5.74, 6) is -2.01. The Balaban J connectivity index is 3.26. The summed E-state index contributed by atoms with van der Waals surface area (Å²) in [5.41, 5.74) is -1.42. The van der Waals surface area contributed by atoms with Gasteiger partial charge in [0.25, 0.3) is 0 Å². The first-order valence-corrected chi connectivity index (χ1v) is 6.29. The molecule has 0 heterocycles. The van der Waals surface area contributed by atoms with E-state index >= 15 is 0 Å². The van der Waals surface area contributed by atoms with Crippen molar-refractivity contribution in [1.29, 1.82) is 0 Å². The molecule has 0 aliphatic rings. The number of aliphatic carboxylic acids is 1. The lowest BCUT2D eigenvalue weighted by Gasteiger charge is -2.12. The van der Waals surface area contributed by atoms with Crippen LogP contribution in [0.1, 0.15) is 16.7 Å². The van der Waals surface area contributed by atoms with Crippen molar-refractivity contribution in [3.8, 4) is 0 Å². The normalized spacial score (nSPS) is 12.2. The van der Waals surface area contributed by atoms with Crippen LogP contribution in [0.5, 0.6) is 0 Å². The predicted octanol–water partition coefficient (Wildman–Crippen LogP) is 1.91. The first kappa shape index (κ1) is 15.2. The van der Waals surface area contributed by atoms with Crippen LogP contribution in [0.2, 0.25) is 0 Å². The highest BCUT2D eigenvalue weighted by molar-refractivity contribution is 7.71. The van der Waals surface area contributed by atoms with Gasteiger partial charge in [0.15, 0.2) is 0 Å². The molecule has 0 fully saturated rings. The van der Waals surface area contributed by atoms with Crippen LogP contribution >= 0.6 is 0 Å². The van der Waals surface area contributed by atoms with Crippen molar-refractivity contribution in [3.05, 3.63) is 41.0 Å². The summed E-state index contributed by atoms with van der Waals surface area (Å²) in [4.78, 5) is 10.3. The lowest BCUT2D eigenvalue weighted by atomic mass is 10.0. The Bertz CT molecular complexity index is 580. The fraction of sp³-hybridized carbons (Fsp3) is 0.182. The van der Waals surface area contributed by atoms with E-state index in [0.717, 1.165) is 12.1 Å². The maximum absolute atomic E-state index is 12.7. The molecule has 1 aromatic carbocycles. The molecule has 0 radical (unpaired) electrons. The van der Waals surface area contributed by atoms with E-state index in [4.69, 9.17) is 5.11 Å². The van der Waals surface area contributed by atoms with Gasteiger partial charge in [-0.25, -0.2) is 13.2 Å². The van der Waals surface area contributed by atoms with Crippen molar-refractivity contribution in [1.82, 2.24) is 0 Å². The van der Waals surface area contributed by atoms with Crippen LogP contribution in [0.15, 0.2) is 24.3 Å². The second-order valence-electron chi connectivity index (χ2n) is 3.58. The van der Waals surface area contributed by atoms with Crippen molar-refractivity contribution in [2.24, 2.45) is 0 Å². The number of hydrogen-bond acceptors (Lipinski definition) is 3. The van der Waals surface area contributed by atoms with E-state index in [1.807, 2.05) is 0 Å². The molecule has 0 saturated heterocycles. The maximum Gasteiger partial charge on any atom is 0.416 e. The van der Waals surface area contributed by atoms with Crippen molar-refractivity contribution in [2.75, 3.05) is 0 Å². The molecule has 4 nitrogen and oxygen atoms in total. The van der Waals surface area contributed by atoms with E-state index in [0.29, 0.717) is 12.1 Å². The molecular weight excluding hydrogens is 285 g/mol. The van der Waals surface area contributed by atoms with Gasteiger partial charge in [0, 0.05) is 6.08 Å². The Morgan fingerprint density at radius 1 is 1.32 bits per heavy atom. The van der Waals surface area contributed by atoms with E-state index in [9.17, 15) is 26.4 Å². The summed E-state index contributed by atoms with van der Waals surface area (Å²) in [6.07, 6.45) is -3.00. The summed E-state index contributed by atoms with van der Waals surface area (Å²) < 4.78 is 59.3. The summed E-state index contributed by atoms with van der Waals surface area (Å²) >= 11 is 0. The first-order chi connectivity index (χ1) is 8.70. The third-order valence-electron chi connectivity index (χ3n) is 2.16. The van der Waals surface area contributed by atoms with E-state index in [2.05, 4.69) is 0 Å². The van der Waals surface area contributed by atoms with Crippen molar-refractivity contribution in [3.63, 3.8) is 0 Å². The average molecular weight is 294 g/mol. The Morgan fingerprint density at radius 2 is 1.95 bits per heavy atom.